The molecule has 0 amide bonds. The third-order valence-corrected chi connectivity index (χ3v) is 2.52. The molecular weight excluding hydrogens is 192 g/mol. The molecule has 1 aromatic heterocycles. The van der Waals surface area contributed by atoms with E-state index in [1.807, 2.05) is 25.1 Å². The van der Waals surface area contributed by atoms with E-state index in [4.69, 9.17) is 5.11 Å². The first kappa shape index (κ1) is 9.71. The van der Waals surface area contributed by atoms with Crippen molar-refractivity contribution in [3.05, 3.63) is 30.0 Å². The van der Waals surface area contributed by atoms with Crippen LogP contribution in [0.25, 0.3) is 10.9 Å². The molecule has 0 aliphatic carbocycles. The minimum Gasteiger partial charge on any atom is -0.481 e. The van der Waals surface area contributed by atoms with Crippen molar-refractivity contribution in [2.45, 2.75) is 19.3 Å². The molecule has 1 heterocycles. The number of carboxylic acids is 1. The second-order valence-corrected chi connectivity index (χ2v) is 3.68. The van der Waals surface area contributed by atoms with E-state index in [2.05, 4.69) is 10.2 Å². The molecule has 0 radical (unpaired) electrons. The van der Waals surface area contributed by atoms with Crippen LogP contribution in [0, 0.1) is 0 Å². The first-order valence-corrected chi connectivity index (χ1v) is 4.82. The van der Waals surface area contributed by atoms with Crippen LogP contribution in [-0.2, 0) is 4.79 Å². The van der Waals surface area contributed by atoms with Crippen molar-refractivity contribution in [2.75, 3.05) is 0 Å². The molecule has 1 atom stereocenters. The molecule has 0 saturated carbocycles. The van der Waals surface area contributed by atoms with E-state index in [0.29, 0.717) is 0 Å². The molecule has 4 heteroatoms. The minimum absolute atomic E-state index is 0.00773. The third-order valence-electron chi connectivity index (χ3n) is 2.52. The van der Waals surface area contributed by atoms with Crippen LogP contribution in [0.2, 0.25) is 0 Å². The van der Waals surface area contributed by atoms with Crippen molar-refractivity contribution in [1.29, 1.82) is 0 Å². The average Bonchev–Trinajstić information content (AvgIpc) is 2.63. The summed E-state index contributed by atoms with van der Waals surface area (Å²) in [5.41, 5.74) is 1.94. The van der Waals surface area contributed by atoms with Crippen molar-refractivity contribution < 1.29 is 9.90 Å². The fourth-order valence-corrected chi connectivity index (χ4v) is 1.77. The van der Waals surface area contributed by atoms with Crippen LogP contribution in [-0.4, -0.2) is 21.3 Å². The maximum atomic E-state index is 10.6. The van der Waals surface area contributed by atoms with E-state index in [0.717, 1.165) is 16.5 Å². The standard InChI is InChI=1S/C11H12N2O2/c1-7(5-10(14)15)9-4-2-3-8-6-12-13-11(8)9/h2-4,6-7H,5H2,1H3,(H,12,13)(H,14,15). The van der Waals surface area contributed by atoms with Crippen LogP contribution in [0.1, 0.15) is 24.8 Å². The fraction of sp³-hybridized carbons (Fsp3) is 0.273. The van der Waals surface area contributed by atoms with Gasteiger partial charge in [-0.2, -0.15) is 5.10 Å². The molecule has 0 saturated heterocycles. The number of nitrogens with one attached hydrogen (secondary N) is 1. The fourth-order valence-electron chi connectivity index (χ4n) is 1.77. The van der Waals surface area contributed by atoms with Gasteiger partial charge in [0.25, 0.3) is 0 Å². The molecule has 4 nitrogen and oxygen atoms in total. The summed E-state index contributed by atoms with van der Waals surface area (Å²) in [4.78, 5) is 10.6. The number of hydrogen-bond acceptors (Lipinski definition) is 2. The molecule has 15 heavy (non-hydrogen) atoms. The largest absolute Gasteiger partial charge is 0.481 e. The van der Waals surface area contributed by atoms with Gasteiger partial charge in [-0.25, -0.2) is 0 Å². The molecule has 2 aromatic rings. The van der Waals surface area contributed by atoms with Crippen LogP contribution >= 0.6 is 0 Å². The molecule has 0 bridgehead atoms. The Morgan fingerprint density at radius 3 is 3.13 bits per heavy atom. The van der Waals surface area contributed by atoms with Crippen LogP contribution in [0.4, 0.5) is 0 Å². The minimum atomic E-state index is -0.779. The number of carbonyl (C=O) groups is 1. The van der Waals surface area contributed by atoms with E-state index in [9.17, 15) is 4.79 Å². The SMILES string of the molecule is CC(CC(=O)O)c1cccc2cn[nH]c12. The molecule has 2 rings (SSSR count). The highest BCUT2D eigenvalue weighted by atomic mass is 16.4. The Labute approximate surface area is 86.9 Å². The van der Waals surface area contributed by atoms with Crippen LogP contribution in [0.15, 0.2) is 24.4 Å². The first-order chi connectivity index (χ1) is 7.18. The van der Waals surface area contributed by atoms with E-state index >= 15 is 0 Å². The van der Waals surface area contributed by atoms with Crippen LogP contribution in [0.3, 0.4) is 0 Å². The van der Waals surface area contributed by atoms with Gasteiger partial charge in [-0.15, -0.1) is 0 Å². The molecular formula is C11H12N2O2. The predicted molar refractivity (Wildman–Crippen MR) is 56.8 cm³/mol. The highest BCUT2D eigenvalue weighted by molar-refractivity contribution is 5.82. The Kier molecular flexibility index (Phi) is 2.41. The second kappa shape index (κ2) is 3.73. The lowest BCUT2D eigenvalue weighted by molar-refractivity contribution is -0.137. The summed E-state index contributed by atoms with van der Waals surface area (Å²) in [5, 5.41) is 16.6. The maximum absolute atomic E-state index is 10.6. The van der Waals surface area contributed by atoms with Crippen molar-refractivity contribution >= 4 is 16.9 Å². The molecule has 1 aromatic carbocycles. The number of aromatic nitrogens is 2. The van der Waals surface area contributed by atoms with Crippen molar-refractivity contribution in [3.8, 4) is 0 Å². The van der Waals surface area contributed by atoms with Gasteiger partial charge in [-0.1, -0.05) is 25.1 Å². The Morgan fingerprint density at radius 1 is 1.60 bits per heavy atom. The molecule has 1 unspecified atom stereocenters. The number of H-pyrrole nitrogens is 1. The molecule has 0 aliphatic heterocycles. The normalized spacial score (nSPS) is 12.9. The van der Waals surface area contributed by atoms with Gasteiger partial charge in [0, 0.05) is 5.39 Å². The topological polar surface area (TPSA) is 66.0 Å². The number of para-hydroxylation sites is 1. The Morgan fingerprint density at radius 2 is 2.40 bits per heavy atom. The Hall–Kier alpha value is -1.84. The molecule has 78 valence electrons. The number of aromatic amines is 1. The zero-order valence-electron chi connectivity index (χ0n) is 8.40. The maximum Gasteiger partial charge on any atom is 0.303 e. The van der Waals surface area contributed by atoms with Gasteiger partial charge in [0.2, 0.25) is 0 Å². The highest BCUT2D eigenvalue weighted by Gasteiger charge is 2.13. The summed E-state index contributed by atoms with van der Waals surface area (Å²) in [6, 6.07) is 5.81. The van der Waals surface area contributed by atoms with Gasteiger partial charge >= 0.3 is 5.97 Å². The van der Waals surface area contributed by atoms with Crippen LogP contribution < -0.4 is 0 Å². The van der Waals surface area contributed by atoms with Gasteiger partial charge < -0.3 is 5.11 Å². The van der Waals surface area contributed by atoms with Crippen LogP contribution in [0.5, 0.6) is 0 Å². The summed E-state index contributed by atoms with van der Waals surface area (Å²) < 4.78 is 0. The smallest absolute Gasteiger partial charge is 0.303 e. The van der Waals surface area contributed by atoms with Gasteiger partial charge in [-0.05, 0) is 11.5 Å². The zero-order valence-corrected chi connectivity index (χ0v) is 8.40. The summed E-state index contributed by atoms with van der Waals surface area (Å²) in [6.07, 6.45) is 1.88. The summed E-state index contributed by atoms with van der Waals surface area (Å²) >= 11 is 0. The monoisotopic (exact) mass is 204 g/mol. The number of hydrogen-bond donors (Lipinski definition) is 2. The summed E-state index contributed by atoms with van der Waals surface area (Å²) in [5.74, 6) is -0.786. The number of carboxylic acid groups (broad SMARTS) is 1. The number of nitrogens with zero attached hydrogens (tertiary/aromatic N) is 1. The molecule has 0 fully saturated rings. The lowest BCUT2D eigenvalue weighted by atomic mass is 9.96. The third kappa shape index (κ3) is 1.83. The summed E-state index contributed by atoms with van der Waals surface area (Å²) in [7, 11) is 0. The second-order valence-electron chi connectivity index (χ2n) is 3.68. The summed E-state index contributed by atoms with van der Waals surface area (Å²) in [6.45, 7) is 1.91. The molecule has 0 aliphatic rings. The zero-order chi connectivity index (χ0) is 10.8. The van der Waals surface area contributed by atoms with Crippen molar-refractivity contribution in [2.24, 2.45) is 0 Å². The predicted octanol–water partition coefficient (Wildman–Crippen LogP) is 2.14. The van der Waals surface area contributed by atoms with E-state index < -0.39 is 5.97 Å². The van der Waals surface area contributed by atoms with E-state index in [1.54, 1.807) is 6.20 Å². The van der Waals surface area contributed by atoms with E-state index in [1.165, 1.54) is 0 Å². The number of rotatable bonds is 3. The van der Waals surface area contributed by atoms with Gasteiger partial charge in [0.1, 0.15) is 0 Å². The lowest BCUT2D eigenvalue weighted by Crippen LogP contribution is -2.03. The van der Waals surface area contributed by atoms with Crippen molar-refractivity contribution in [1.82, 2.24) is 10.2 Å². The number of fused-ring (bicyclic) bond motifs is 1. The first-order valence-electron chi connectivity index (χ1n) is 4.82. The molecule has 2 N–H and O–H groups in total. The van der Waals surface area contributed by atoms with Gasteiger partial charge in [-0.3, -0.25) is 9.89 Å². The van der Waals surface area contributed by atoms with E-state index in [-0.39, 0.29) is 12.3 Å². The van der Waals surface area contributed by atoms with Gasteiger partial charge in [0.15, 0.2) is 0 Å². The Balaban J connectivity index is 2.42. The average molecular weight is 204 g/mol. The quantitative estimate of drug-likeness (QED) is 0.804. The lowest BCUT2D eigenvalue weighted by Gasteiger charge is -2.09. The highest BCUT2D eigenvalue weighted by Crippen LogP contribution is 2.25. The Bertz CT molecular complexity index is 490. The van der Waals surface area contributed by atoms with Gasteiger partial charge in [0.05, 0.1) is 18.1 Å². The number of benzene rings is 1. The molecule has 0 spiro atoms. The number of aliphatic carboxylic acids is 1. The van der Waals surface area contributed by atoms with Crippen molar-refractivity contribution in [3.63, 3.8) is 0 Å².